The van der Waals surface area contributed by atoms with Crippen LogP contribution in [-0.4, -0.2) is 51.4 Å². The molecule has 1 atom stereocenters. The van der Waals surface area contributed by atoms with Crippen molar-refractivity contribution in [2.45, 2.75) is 44.7 Å². The maximum Gasteiger partial charge on any atom is 0.264 e. The maximum atomic E-state index is 13.9. The van der Waals surface area contributed by atoms with Crippen LogP contribution < -0.4 is 14.4 Å². The number of nitrogens with one attached hydrogen (secondary N) is 1. The number of carbonyl (C=O) groups excluding carboxylic acids is 2. The van der Waals surface area contributed by atoms with Crippen molar-refractivity contribution in [3.05, 3.63) is 88.4 Å². The molecule has 0 spiro atoms. The van der Waals surface area contributed by atoms with Gasteiger partial charge in [0.25, 0.3) is 10.0 Å². The summed E-state index contributed by atoms with van der Waals surface area (Å²) in [7, 11) is -2.62. The smallest absolute Gasteiger partial charge is 0.264 e. The van der Waals surface area contributed by atoms with E-state index >= 15 is 0 Å². The van der Waals surface area contributed by atoms with Gasteiger partial charge in [-0.1, -0.05) is 52.7 Å². The molecule has 0 radical (unpaired) electrons. The molecule has 3 rings (SSSR count). The van der Waals surface area contributed by atoms with Crippen LogP contribution in [0.25, 0.3) is 0 Å². The number of anilines is 1. The molecule has 2 amide bonds. The predicted molar refractivity (Wildman–Crippen MR) is 156 cm³/mol. The Morgan fingerprint density at radius 1 is 1.00 bits per heavy atom. The van der Waals surface area contributed by atoms with E-state index in [-0.39, 0.29) is 17.3 Å². The van der Waals surface area contributed by atoms with E-state index in [0.29, 0.717) is 24.5 Å². The Labute approximate surface area is 239 Å². The molecule has 1 unspecified atom stereocenters. The Hall–Kier alpha value is -3.37. The first-order valence-electron chi connectivity index (χ1n) is 12.7. The summed E-state index contributed by atoms with van der Waals surface area (Å²) in [6.07, 6.45) is 0.361. The quantitative estimate of drug-likeness (QED) is 0.312. The van der Waals surface area contributed by atoms with Gasteiger partial charge in [0, 0.05) is 18.1 Å². The van der Waals surface area contributed by atoms with Crippen LogP contribution >= 0.6 is 15.9 Å². The summed E-state index contributed by atoms with van der Waals surface area (Å²) in [5, 5.41) is 2.63. The van der Waals surface area contributed by atoms with E-state index in [1.165, 1.54) is 24.1 Å². The average Bonchev–Trinajstić information content (AvgIpc) is 2.92. The highest BCUT2D eigenvalue weighted by Gasteiger charge is 2.33. The van der Waals surface area contributed by atoms with Gasteiger partial charge in [0.05, 0.1) is 17.2 Å². The van der Waals surface area contributed by atoms with Crippen molar-refractivity contribution in [1.82, 2.24) is 10.2 Å². The highest BCUT2D eigenvalue weighted by Crippen LogP contribution is 2.27. The molecule has 0 bridgehead atoms. The van der Waals surface area contributed by atoms with Crippen molar-refractivity contribution in [2.75, 3.05) is 24.5 Å². The van der Waals surface area contributed by atoms with E-state index < -0.39 is 28.5 Å². The van der Waals surface area contributed by atoms with Gasteiger partial charge < -0.3 is 15.0 Å². The number of aryl methyl sites for hydroxylation is 1. The van der Waals surface area contributed by atoms with Crippen molar-refractivity contribution in [3.8, 4) is 5.75 Å². The lowest BCUT2D eigenvalue weighted by Crippen LogP contribution is -2.51. The summed E-state index contributed by atoms with van der Waals surface area (Å²) < 4.78 is 35.1. The number of rotatable bonds is 12. The fraction of sp³-hybridized carbons (Fsp3) is 0.310. The molecule has 208 valence electrons. The third-order valence-corrected chi connectivity index (χ3v) is 8.50. The molecule has 0 saturated heterocycles. The molecule has 0 saturated carbocycles. The van der Waals surface area contributed by atoms with Crippen LogP contribution in [0.2, 0.25) is 0 Å². The summed E-state index contributed by atoms with van der Waals surface area (Å²) in [5.41, 5.74) is 2.16. The van der Waals surface area contributed by atoms with E-state index in [1.54, 1.807) is 36.4 Å². The number of halogens is 1. The van der Waals surface area contributed by atoms with Crippen molar-refractivity contribution < 1.29 is 22.7 Å². The predicted octanol–water partition coefficient (Wildman–Crippen LogP) is 4.90. The summed E-state index contributed by atoms with van der Waals surface area (Å²) in [5.74, 6) is -0.233. The van der Waals surface area contributed by atoms with Gasteiger partial charge in [-0.15, -0.1) is 0 Å². The molecule has 1 N–H and O–H groups in total. The molecule has 0 aromatic heterocycles. The van der Waals surface area contributed by atoms with Gasteiger partial charge in [0.2, 0.25) is 11.8 Å². The van der Waals surface area contributed by atoms with Crippen LogP contribution in [0.1, 0.15) is 31.4 Å². The van der Waals surface area contributed by atoms with E-state index in [9.17, 15) is 18.0 Å². The first kappa shape index (κ1) is 30.2. The Bertz CT molecular complexity index is 1380. The molecule has 0 fully saturated rings. The highest BCUT2D eigenvalue weighted by atomic mass is 79.9. The number of likely N-dealkylation sites (N-methyl/N-ethyl adjacent to an activating group) is 1. The van der Waals surface area contributed by atoms with Gasteiger partial charge in [-0.05, 0) is 74.4 Å². The van der Waals surface area contributed by atoms with Crippen LogP contribution in [0.4, 0.5) is 5.69 Å². The van der Waals surface area contributed by atoms with Gasteiger partial charge in [-0.2, -0.15) is 0 Å². The number of ether oxygens (including phenoxy) is 1. The van der Waals surface area contributed by atoms with Crippen molar-refractivity contribution in [2.24, 2.45) is 0 Å². The van der Waals surface area contributed by atoms with Crippen LogP contribution in [0.5, 0.6) is 5.75 Å². The monoisotopic (exact) mass is 615 g/mol. The van der Waals surface area contributed by atoms with Crippen molar-refractivity contribution >= 4 is 43.5 Å². The zero-order valence-corrected chi connectivity index (χ0v) is 25.0. The molecule has 3 aromatic rings. The largest absolute Gasteiger partial charge is 0.494 e. The first-order valence-corrected chi connectivity index (χ1v) is 14.9. The summed E-state index contributed by atoms with van der Waals surface area (Å²) in [4.78, 5) is 28.2. The Balaban J connectivity index is 2.06. The van der Waals surface area contributed by atoms with E-state index in [4.69, 9.17) is 4.74 Å². The second-order valence-corrected chi connectivity index (χ2v) is 11.7. The Morgan fingerprint density at radius 3 is 2.23 bits per heavy atom. The topological polar surface area (TPSA) is 96.0 Å². The molecule has 39 heavy (non-hydrogen) atoms. The van der Waals surface area contributed by atoms with Crippen molar-refractivity contribution in [3.63, 3.8) is 0 Å². The van der Waals surface area contributed by atoms with Gasteiger partial charge in [-0.25, -0.2) is 8.42 Å². The molecule has 3 aromatic carbocycles. The second kappa shape index (κ2) is 13.6. The Morgan fingerprint density at radius 2 is 1.67 bits per heavy atom. The molecule has 0 aliphatic rings. The van der Waals surface area contributed by atoms with Crippen LogP contribution in [0.3, 0.4) is 0 Å². The molecule has 10 heteroatoms. The van der Waals surface area contributed by atoms with Crippen LogP contribution in [0.15, 0.2) is 82.2 Å². The fourth-order valence-corrected chi connectivity index (χ4v) is 5.91. The number of benzene rings is 3. The van der Waals surface area contributed by atoms with Crippen LogP contribution in [-0.2, 0) is 26.2 Å². The van der Waals surface area contributed by atoms with Gasteiger partial charge >= 0.3 is 0 Å². The lowest BCUT2D eigenvalue weighted by molar-refractivity contribution is -0.140. The minimum absolute atomic E-state index is 0.0379. The fourth-order valence-electron chi connectivity index (χ4n) is 4.23. The van der Waals surface area contributed by atoms with Crippen molar-refractivity contribution in [1.29, 1.82) is 0 Å². The van der Waals surface area contributed by atoms with E-state index in [2.05, 4.69) is 21.2 Å². The SMILES string of the molecule is CCOc1ccc(N(CC(=O)N(Cc2cccc(C)c2)C(CC)C(=O)NC)S(=O)(=O)c2ccc(Br)cc2)cc1. The lowest BCUT2D eigenvalue weighted by Gasteiger charge is -2.33. The number of amides is 2. The minimum Gasteiger partial charge on any atom is -0.494 e. The normalized spacial score (nSPS) is 11.9. The molecule has 8 nitrogen and oxygen atoms in total. The number of sulfonamides is 1. The van der Waals surface area contributed by atoms with Gasteiger partial charge in [0.15, 0.2) is 0 Å². The van der Waals surface area contributed by atoms with Gasteiger partial charge in [-0.3, -0.25) is 13.9 Å². The number of hydrogen-bond acceptors (Lipinski definition) is 5. The molecular weight excluding hydrogens is 582 g/mol. The third kappa shape index (κ3) is 7.60. The Kier molecular flexibility index (Phi) is 10.5. The molecular formula is C29H34BrN3O5S. The second-order valence-electron chi connectivity index (χ2n) is 8.94. The maximum absolute atomic E-state index is 13.9. The van der Waals surface area contributed by atoms with E-state index in [0.717, 1.165) is 19.9 Å². The summed E-state index contributed by atoms with van der Waals surface area (Å²) in [6.45, 7) is 5.75. The number of hydrogen-bond donors (Lipinski definition) is 1. The number of carbonyl (C=O) groups is 2. The van der Waals surface area contributed by atoms with Gasteiger partial charge in [0.1, 0.15) is 18.3 Å². The summed E-state index contributed by atoms with van der Waals surface area (Å²) in [6, 6.07) is 19.7. The number of nitrogens with zero attached hydrogens (tertiary/aromatic N) is 2. The third-order valence-electron chi connectivity index (χ3n) is 6.18. The first-order chi connectivity index (χ1) is 18.6. The average molecular weight is 617 g/mol. The summed E-state index contributed by atoms with van der Waals surface area (Å²) >= 11 is 3.34. The highest BCUT2D eigenvalue weighted by molar-refractivity contribution is 9.10. The lowest BCUT2D eigenvalue weighted by atomic mass is 10.1. The zero-order valence-electron chi connectivity index (χ0n) is 22.6. The standard InChI is InChI=1S/C29H34BrN3O5S/c1-5-27(29(35)31-4)32(19-22-9-7-8-21(3)18-22)28(34)20-33(24-12-14-25(15-13-24)38-6-2)39(36,37)26-16-10-23(30)11-17-26/h7-18,27H,5-6,19-20H2,1-4H3,(H,31,35). The zero-order chi connectivity index (χ0) is 28.6. The molecule has 0 aliphatic heterocycles. The van der Waals surface area contributed by atoms with E-state index in [1.807, 2.05) is 45.0 Å². The molecule has 0 heterocycles. The molecule has 0 aliphatic carbocycles. The van der Waals surface area contributed by atoms with Crippen LogP contribution in [0, 0.1) is 6.92 Å². The minimum atomic E-state index is -4.14.